The molecule has 2 aliphatic rings. The second-order valence-corrected chi connectivity index (χ2v) is 15.7. The van der Waals surface area contributed by atoms with Gasteiger partial charge < -0.3 is 9.80 Å². The monoisotopic (exact) mass is 754 g/mol. The van der Waals surface area contributed by atoms with Crippen LogP contribution in [0.25, 0.3) is 39.0 Å². The van der Waals surface area contributed by atoms with Crippen LogP contribution < -0.4 is 9.80 Å². The highest BCUT2D eigenvalue weighted by Crippen LogP contribution is 2.51. The molecule has 0 fully saturated rings. The van der Waals surface area contributed by atoms with Crippen molar-refractivity contribution in [3.05, 3.63) is 247 Å². The molecule has 0 saturated carbocycles. The third-order valence-electron chi connectivity index (χ3n) is 11.8. The first-order valence-corrected chi connectivity index (χ1v) is 20.3. The number of nitrogens with zero attached hydrogens (tertiary/aromatic N) is 2. The van der Waals surface area contributed by atoms with Crippen molar-refractivity contribution < 1.29 is 0 Å². The molecule has 0 unspecified atom stereocenters. The molecule has 0 radical (unpaired) electrons. The van der Waals surface area contributed by atoms with Crippen molar-refractivity contribution in [2.75, 3.05) is 9.80 Å². The van der Waals surface area contributed by atoms with Gasteiger partial charge in [0.05, 0.1) is 5.69 Å². The highest BCUT2D eigenvalue weighted by Gasteiger charge is 2.35. The molecule has 59 heavy (non-hydrogen) atoms. The van der Waals surface area contributed by atoms with Crippen molar-refractivity contribution >= 4 is 39.7 Å². The molecule has 0 bridgehead atoms. The Balaban J connectivity index is 0.967. The van der Waals surface area contributed by atoms with Crippen LogP contribution in [0.1, 0.15) is 30.5 Å². The summed E-state index contributed by atoms with van der Waals surface area (Å²) in [7, 11) is 0. The highest BCUT2D eigenvalue weighted by atomic mass is 15.1. The number of fused-ring (bicyclic) bond motifs is 3. The summed E-state index contributed by atoms with van der Waals surface area (Å²) in [6.45, 7) is 4.69. The minimum absolute atomic E-state index is 0.0933. The summed E-state index contributed by atoms with van der Waals surface area (Å²) in [6, 6.07) is 72.5. The van der Waals surface area contributed by atoms with E-state index in [1.807, 2.05) is 12.2 Å². The lowest BCUT2D eigenvalue weighted by atomic mass is 9.82. The zero-order chi connectivity index (χ0) is 39.8. The molecule has 0 aromatic heterocycles. The van der Waals surface area contributed by atoms with Gasteiger partial charge in [0.1, 0.15) is 0 Å². The van der Waals surface area contributed by atoms with Crippen molar-refractivity contribution in [1.82, 2.24) is 0 Å². The second kappa shape index (κ2) is 15.1. The molecule has 2 nitrogen and oxygen atoms in total. The van der Waals surface area contributed by atoms with E-state index >= 15 is 0 Å². The quantitative estimate of drug-likeness (QED) is 0.135. The van der Waals surface area contributed by atoms with E-state index in [1.54, 1.807) is 0 Å². The Morgan fingerprint density at radius 2 is 0.864 bits per heavy atom. The van der Waals surface area contributed by atoms with E-state index in [0.29, 0.717) is 0 Å². The summed E-state index contributed by atoms with van der Waals surface area (Å²) in [4.78, 5) is 4.71. The minimum atomic E-state index is -0.0933. The SMILES string of the molecule is CC1(C)c2ccccc2-c2ccc(N(c3ccccc3)c3ccccc3-c3ccc(-c4ccc(N(c5ccccc5)c5ccc(C6=CC=C=C=C6)cc5)cc4)cc3)cc21. The average Bonchev–Trinajstić information content (AvgIpc) is 3.53. The van der Waals surface area contributed by atoms with E-state index in [-0.39, 0.29) is 5.41 Å². The van der Waals surface area contributed by atoms with Crippen molar-refractivity contribution in [1.29, 1.82) is 0 Å². The molecule has 0 spiro atoms. The van der Waals surface area contributed by atoms with Gasteiger partial charge in [-0.05, 0) is 135 Å². The summed E-state index contributed by atoms with van der Waals surface area (Å²) in [5.41, 5.74) is 25.0. The van der Waals surface area contributed by atoms with E-state index in [1.165, 1.54) is 44.5 Å². The Labute approximate surface area is 347 Å². The van der Waals surface area contributed by atoms with E-state index in [2.05, 4.69) is 241 Å². The molecule has 280 valence electrons. The molecule has 2 aliphatic carbocycles. The number of hydrogen-bond donors (Lipinski definition) is 0. The van der Waals surface area contributed by atoms with Gasteiger partial charge in [0, 0.05) is 39.4 Å². The zero-order valence-corrected chi connectivity index (χ0v) is 33.2. The molecule has 0 atom stereocenters. The fourth-order valence-corrected chi connectivity index (χ4v) is 8.75. The Morgan fingerprint density at radius 1 is 0.373 bits per heavy atom. The largest absolute Gasteiger partial charge is 0.311 e. The van der Waals surface area contributed by atoms with Gasteiger partial charge >= 0.3 is 0 Å². The van der Waals surface area contributed by atoms with E-state index in [9.17, 15) is 0 Å². The number of allylic oxidation sites excluding steroid dienone is 4. The van der Waals surface area contributed by atoms with Gasteiger partial charge in [-0.15, -0.1) is 0 Å². The summed E-state index contributed by atoms with van der Waals surface area (Å²) < 4.78 is 0. The first kappa shape index (κ1) is 35.8. The first-order valence-electron chi connectivity index (χ1n) is 20.3. The summed E-state index contributed by atoms with van der Waals surface area (Å²) in [6.07, 6.45) is 5.95. The molecule has 0 amide bonds. The lowest BCUT2D eigenvalue weighted by molar-refractivity contribution is 0.660. The van der Waals surface area contributed by atoms with E-state index in [0.717, 1.165) is 45.3 Å². The van der Waals surface area contributed by atoms with Gasteiger partial charge in [0.2, 0.25) is 0 Å². The van der Waals surface area contributed by atoms with Gasteiger partial charge in [-0.2, -0.15) is 0 Å². The minimum Gasteiger partial charge on any atom is -0.311 e. The fraction of sp³-hybridized carbons (Fsp3) is 0.0526. The third-order valence-corrected chi connectivity index (χ3v) is 11.8. The van der Waals surface area contributed by atoms with Gasteiger partial charge in [-0.3, -0.25) is 0 Å². The molecule has 10 rings (SSSR count). The van der Waals surface area contributed by atoms with Crippen LogP contribution in [0.2, 0.25) is 0 Å². The summed E-state index contributed by atoms with van der Waals surface area (Å²) >= 11 is 0. The van der Waals surface area contributed by atoms with Gasteiger partial charge in [0.15, 0.2) is 0 Å². The Bertz CT molecular complexity index is 2940. The van der Waals surface area contributed by atoms with Crippen LogP contribution in [0.15, 0.2) is 230 Å². The standard InChI is InChI=1S/C57H42N2/c1-57(2)54-24-14-12-23-52(54)53-39-38-50(40-55(53)57)59(47-20-10-5-11-21-47)56-25-15-13-22-51(56)45-28-26-42(27-29-45)44-32-36-49(37-33-44)58(46-18-8-4-9-19-46)48-34-30-43(31-35-48)41-16-6-3-7-17-41/h4-6,8-40H,1-2H3. The van der Waals surface area contributed by atoms with Crippen LogP contribution in [0.5, 0.6) is 0 Å². The first-order chi connectivity index (χ1) is 29.0. The Morgan fingerprint density at radius 3 is 1.51 bits per heavy atom. The average molecular weight is 755 g/mol. The predicted molar refractivity (Wildman–Crippen MR) is 248 cm³/mol. The van der Waals surface area contributed by atoms with Crippen molar-refractivity contribution in [2.24, 2.45) is 0 Å². The molecule has 0 saturated heterocycles. The maximum atomic E-state index is 3.07. The smallest absolute Gasteiger partial charge is 0.0540 e. The number of benzene rings is 8. The molecule has 0 heterocycles. The van der Waals surface area contributed by atoms with Crippen LogP contribution >= 0.6 is 0 Å². The van der Waals surface area contributed by atoms with Crippen LogP contribution in [0.4, 0.5) is 34.1 Å². The van der Waals surface area contributed by atoms with Crippen LogP contribution in [0.3, 0.4) is 0 Å². The number of rotatable bonds is 9. The summed E-state index contributed by atoms with van der Waals surface area (Å²) in [5.74, 6) is 0. The third kappa shape index (κ3) is 6.63. The molecule has 0 N–H and O–H groups in total. The summed E-state index contributed by atoms with van der Waals surface area (Å²) in [5, 5.41) is 0. The normalized spacial score (nSPS) is 13.1. The Hall–Kier alpha value is -7.60. The lowest BCUT2D eigenvalue weighted by Crippen LogP contribution is -2.16. The second-order valence-electron chi connectivity index (χ2n) is 15.7. The zero-order valence-electron chi connectivity index (χ0n) is 33.2. The number of hydrogen-bond acceptors (Lipinski definition) is 2. The number of anilines is 6. The maximum absolute atomic E-state index is 3.07. The number of para-hydroxylation sites is 3. The van der Waals surface area contributed by atoms with Crippen molar-refractivity contribution in [3.8, 4) is 33.4 Å². The van der Waals surface area contributed by atoms with Crippen LogP contribution in [-0.2, 0) is 5.41 Å². The van der Waals surface area contributed by atoms with Gasteiger partial charge in [0.25, 0.3) is 0 Å². The van der Waals surface area contributed by atoms with Gasteiger partial charge in [-0.1, -0.05) is 159 Å². The maximum Gasteiger partial charge on any atom is 0.0540 e. The lowest BCUT2D eigenvalue weighted by Gasteiger charge is -2.29. The Kier molecular flexibility index (Phi) is 9.13. The van der Waals surface area contributed by atoms with Crippen molar-refractivity contribution in [2.45, 2.75) is 19.3 Å². The highest BCUT2D eigenvalue weighted by molar-refractivity contribution is 5.91. The molecular formula is C57H42N2. The molecule has 0 aliphatic heterocycles. The fourth-order valence-electron chi connectivity index (χ4n) is 8.75. The molecule has 8 aromatic rings. The van der Waals surface area contributed by atoms with Crippen molar-refractivity contribution in [3.63, 3.8) is 0 Å². The predicted octanol–water partition coefficient (Wildman–Crippen LogP) is 15.5. The van der Waals surface area contributed by atoms with Gasteiger partial charge in [-0.25, -0.2) is 0 Å². The molecule has 8 aromatic carbocycles. The topological polar surface area (TPSA) is 6.48 Å². The van der Waals surface area contributed by atoms with Crippen LogP contribution in [-0.4, -0.2) is 0 Å². The van der Waals surface area contributed by atoms with E-state index in [4.69, 9.17) is 0 Å². The van der Waals surface area contributed by atoms with Crippen LogP contribution in [0, 0.1) is 0 Å². The molecule has 2 heteroatoms. The molecular weight excluding hydrogens is 713 g/mol. The van der Waals surface area contributed by atoms with E-state index < -0.39 is 0 Å².